The van der Waals surface area contributed by atoms with Gasteiger partial charge in [0.15, 0.2) is 0 Å². The van der Waals surface area contributed by atoms with Gasteiger partial charge in [0.2, 0.25) is 29.5 Å². The van der Waals surface area contributed by atoms with Crippen LogP contribution in [0.15, 0.2) is 48.5 Å². The number of carboxylic acids is 1. The van der Waals surface area contributed by atoms with Crippen LogP contribution in [0.25, 0.3) is 0 Å². The maximum Gasteiger partial charge on any atom is 0.326 e. The smallest absolute Gasteiger partial charge is 0.326 e. The van der Waals surface area contributed by atoms with Crippen LogP contribution < -0.4 is 33.2 Å². The van der Waals surface area contributed by atoms with E-state index in [4.69, 9.17) is 17.2 Å². The summed E-state index contributed by atoms with van der Waals surface area (Å²) in [5.74, 6) is -5.94. The van der Waals surface area contributed by atoms with Crippen molar-refractivity contribution in [3.63, 3.8) is 0 Å². The van der Waals surface area contributed by atoms with Gasteiger partial charge in [-0.2, -0.15) is 0 Å². The molecule has 15 nitrogen and oxygen atoms in total. The van der Waals surface area contributed by atoms with Gasteiger partial charge < -0.3 is 48.5 Å². The minimum Gasteiger partial charge on any atom is -0.508 e. The standard InChI is InChI=1S/C27H34N6O9/c28-18(11-14-1-5-16(34)6-2-14)24(38)32-21(13-23(30)37)26(40)33-20(12-15-3-7-17(35)8-4-15)25(39)31-19(27(41)42)9-10-22(29)36/h1-8,18-21,34-35H,9-13,28H2,(H2,29,36)(H2,30,37)(H,31,39)(H,32,38)(H,33,40)(H,41,42). The summed E-state index contributed by atoms with van der Waals surface area (Å²) < 4.78 is 0. The number of primary amides is 2. The molecule has 5 amide bonds. The molecule has 0 saturated carbocycles. The zero-order valence-electron chi connectivity index (χ0n) is 22.5. The van der Waals surface area contributed by atoms with Gasteiger partial charge in [-0.3, -0.25) is 24.0 Å². The van der Waals surface area contributed by atoms with E-state index in [1.165, 1.54) is 36.4 Å². The monoisotopic (exact) mass is 586 g/mol. The Morgan fingerprint density at radius 3 is 1.57 bits per heavy atom. The molecule has 2 aromatic carbocycles. The van der Waals surface area contributed by atoms with Crippen LogP contribution in [0.2, 0.25) is 0 Å². The zero-order valence-corrected chi connectivity index (χ0v) is 22.5. The van der Waals surface area contributed by atoms with Crippen molar-refractivity contribution < 1.29 is 44.1 Å². The third-order valence-electron chi connectivity index (χ3n) is 6.07. The van der Waals surface area contributed by atoms with Crippen LogP contribution in [0.4, 0.5) is 0 Å². The molecule has 0 fully saturated rings. The van der Waals surface area contributed by atoms with Gasteiger partial charge in [-0.1, -0.05) is 24.3 Å². The molecule has 226 valence electrons. The summed E-state index contributed by atoms with van der Waals surface area (Å²) in [6.07, 6.45) is -1.44. The quantitative estimate of drug-likeness (QED) is 0.103. The average Bonchev–Trinajstić information content (AvgIpc) is 2.91. The summed E-state index contributed by atoms with van der Waals surface area (Å²) in [4.78, 5) is 73.6. The first kappa shape index (κ1) is 33.0. The van der Waals surface area contributed by atoms with Crippen LogP contribution in [-0.2, 0) is 41.6 Å². The summed E-state index contributed by atoms with van der Waals surface area (Å²) in [5, 5.41) is 35.5. The molecular weight excluding hydrogens is 552 g/mol. The van der Waals surface area contributed by atoms with Gasteiger partial charge in [0.25, 0.3) is 0 Å². The van der Waals surface area contributed by atoms with Gasteiger partial charge in [0, 0.05) is 12.8 Å². The van der Waals surface area contributed by atoms with Crippen molar-refractivity contribution >= 4 is 35.5 Å². The predicted molar refractivity (Wildman–Crippen MR) is 147 cm³/mol. The summed E-state index contributed by atoms with van der Waals surface area (Å²) in [6.45, 7) is 0. The molecule has 42 heavy (non-hydrogen) atoms. The van der Waals surface area contributed by atoms with E-state index in [1.807, 2.05) is 0 Å². The molecule has 0 saturated heterocycles. The van der Waals surface area contributed by atoms with Crippen molar-refractivity contribution in [3.8, 4) is 11.5 Å². The lowest BCUT2D eigenvalue weighted by Crippen LogP contribution is -2.58. The molecule has 0 aliphatic heterocycles. The molecule has 0 aliphatic carbocycles. The zero-order chi connectivity index (χ0) is 31.4. The van der Waals surface area contributed by atoms with Crippen LogP contribution in [0.5, 0.6) is 11.5 Å². The number of rotatable bonds is 16. The fourth-order valence-corrected chi connectivity index (χ4v) is 3.83. The molecule has 4 unspecified atom stereocenters. The van der Waals surface area contributed by atoms with Crippen molar-refractivity contribution in [2.75, 3.05) is 0 Å². The Hall–Kier alpha value is -5.18. The number of hydrogen-bond acceptors (Lipinski definition) is 9. The fourth-order valence-electron chi connectivity index (χ4n) is 3.83. The van der Waals surface area contributed by atoms with Crippen LogP contribution in [0.1, 0.15) is 30.4 Å². The number of carbonyl (C=O) groups is 6. The molecule has 2 rings (SSSR count). The first-order valence-corrected chi connectivity index (χ1v) is 12.8. The minimum absolute atomic E-state index is 0.0170. The number of amides is 5. The number of benzene rings is 2. The number of nitrogens with two attached hydrogens (primary N) is 3. The summed E-state index contributed by atoms with van der Waals surface area (Å²) in [7, 11) is 0. The SMILES string of the molecule is NC(=O)CCC(NC(=O)C(Cc1ccc(O)cc1)NC(=O)C(CC(N)=O)NC(=O)C(N)Cc1ccc(O)cc1)C(=O)O. The summed E-state index contributed by atoms with van der Waals surface area (Å²) >= 11 is 0. The van der Waals surface area contributed by atoms with Crippen molar-refractivity contribution in [3.05, 3.63) is 59.7 Å². The number of hydrogen-bond donors (Lipinski definition) is 9. The van der Waals surface area contributed by atoms with E-state index in [2.05, 4.69) is 16.0 Å². The lowest BCUT2D eigenvalue weighted by atomic mass is 10.0. The Kier molecular flexibility index (Phi) is 12.2. The first-order valence-electron chi connectivity index (χ1n) is 12.8. The molecule has 0 spiro atoms. The average molecular weight is 587 g/mol. The third-order valence-corrected chi connectivity index (χ3v) is 6.07. The lowest BCUT2D eigenvalue weighted by Gasteiger charge is -2.25. The van der Waals surface area contributed by atoms with Crippen molar-refractivity contribution in [2.45, 2.75) is 56.3 Å². The number of carbonyl (C=O) groups excluding carboxylic acids is 5. The lowest BCUT2D eigenvalue weighted by molar-refractivity contribution is -0.142. The number of phenolic OH excluding ortho intramolecular Hbond substituents is 2. The molecule has 12 N–H and O–H groups in total. The highest BCUT2D eigenvalue weighted by atomic mass is 16.4. The summed E-state index contributed by atoms with van der Waals surface area (Å²) in [5.41, 5.74) is 17.4. The Balaban J connectivity index is 2.23. The molecule has 0 bridgehead atoms. The minimum atomic E-state index is -1.54. The van der Waals surface area contributed by atoms with E-state index in [9.17, 15) is 44.1 Å². The van der Waals surface area contributed by atoms with Gasteiger partial charge in [-0.25, -0.2) is 4.79 Å². The van der Waals surface area contributed by atoms with E-state index in [0.717, 1.165) is 0 Å². The van der Waals surface area contributed by atoms with Gasteiger partial charge in [0.1, 0.15) is 29.6 Å². The van der Waals surface area contributed by atoms with Crippen molar-refractivity contribution in [1.29, 1.82) is 0 Å². The highest BCUT2D eigenvalue weighted by Gasteiger charge is 2.31. The van der Waals surface area contributed by atoms with E-state index in [-0.39, 0.29) is 37.2 Å². The maximum atomic E-state index is 13.2. The molecular formula is C27H34N6O9. The second-order valence-corrected chi connectivity index (χ2v) is 9.54. The number of aliphatic carboxylic acids is 1. The van der Waals surface area contributed by atoms with E-state index < -0.39 is 66.1 Å². The molecule has 0 radical (unpaired) electrons. The second kappa shape index (κ2) is 15.6. The van der Waals surface area contributed by atoms with Crippen LogP contribution in [0.3, 0.4) is 0 Å². The van der Waals surface area contributed by atoms with Gasteiger partial charge in [0.05, 0.1) is 12.5 Å². The first-order chi connectivity index (χ1) is 19.7. The van der Waals surface area contributed by atoms with Crippen molar-refractivity contribution in [2.24, 2.45) is 17.2 Å². The number of aromatic hydroxyl groups is 2. The number of phenols is 2. The fraction of sp³-hybridized carbons (Fsp3) is 0.333. The summed E-state index contributed by atoms with van der Waals surface area (Å²) in [6, 6.07) is 5.90. The Morgan fingerprint density at radius 2 is 1.10 bits per heavy atom. The predicted octanol–water partition coefficient (Wildman–Crippen LogP) is -2.11. The van der Waals surface area contributed by atoms with Crippen LogP contribution >= 0.6 is 0 Å². The van der Waals surface area contributed by atoms with Gasteiger partial charge in [-0.05, 0) is 48.2 Å². The van der Waals surface area contributed by atoms with E-state index in [1.54, 1.807) is 12.1 Å². The Morgan fingerprint density at radius 1 is 0.643 bits per heavy atom. The highest BCUT2D eigenvalue weighted by molar-refractivity contribution is 5.96. The normalized spacial score (nSPS) is 13.5. The largest absolute Gasteiger partial charge is 0.508 e. The number of carboxylic acid groups (broad SMARTS) is 1. The Bertz CT molecular complexity index is 1280. The molecule has 2 aromatic rings. The van der Waals surface area contributed by atoms with Crippen LogP contribution in [0, 0.1) is 0 Å². The molecule has 0 aliphatic rings. The highest BCUT2D eigenvalue weighted by Crippen LogP contribution is 2.13. The topological polar surface area (TPSA) is 277 Å². The molecule has 0 heterocycles. The van der Waals surface area contributed by atoms with Crippen LogP contribution in [-0.4, -0.2) is 75.0 Å². The molecule has 4 atom stereocenters. The molecule has 15 heteroatoms. The number of nitrogens with one attached hydrogen (secondary N) is 3. The van der Waals surface area contributed by atoms with E-state index >= 15 is 0 Å². The van der Waals surface area contributed by atoms with Gasteiger partial charge >= 0.3 is 5.97 Å². The Labute approximate surface area is 240 Å². The van der Waals surface area contributed by atoms with Crippen molar-refractivity contribution in [1.82, 2.24) is 16.0 Å². The molecule has 0 aromatic heterocycles. The van der Waals surface area contributed by atoms with E-state index in [0.29, 0.717) is 11.1 Å². The second-order valence-electron chi connectivity index (χ2n) is 9.54. The van der Waals surface area contributed by atoms with Gasteiger partial charge in [-0.15, -0.1) is 0 Å². The third kappa shape index (κ3) is 11.1. The maximum absolute atomic E-state index is 13.2.